The summed E-state index contributed by atoms with van der Waals surface area (Å²) in [5.74, 6) is -1.37. The lowest BCUT2D eigenvalue weighted by Crippen LogP contribution is -2.31. The van der Waals surface area contributed by atoms with Crippen LogP contribution >= 0.6 is 0 Å². The molecule has 6 nitrogen and oxygen atoms in total. The molecule has 0 radical (unpaired) electrons. The van der Waals surface area contributed by atoms with Gasteiger partial charge >= 0.3 is 5.97 Å². The average molecular weight is 290 g/mol. The third-order valence-electron chi connectivity index (χ3n) is 4.61. The predicted octanol–water partition coefficient (Wildman–Crippen LogP) is 1.42. The highest BCUT2D eigenvalue weighted by Gasteiger charge is 2.57. The zero-order valence-corrected chi connectivity index (χ0v) is 11.6. The van der Waals surface area contributed by atoms with Gasteiger partial charge in [0.15, 0.2) is 0 Å². The second kappa shape index (κ2) is 5.04. The van der Waals surface area contributed by atoms with Crippen molar-refractivity contribution in [3.8, 4) is 5.75 Å². The minimum atomic E-state index is -1.09. The highest BCUT2D eigenvalue weighted by molar-refractivity contribution is 5.98. The molecule has 0 aromatic heterocycles. The number of aromatic carboxylic acids is 1. The Bertz CT molecular complexity index is 593. The lowest BCUT2D eigenvalue weighted by molar-refractivity contribution is -0.118. The number of phenols is 1. The molecule has 1 unspecified atom stereocenters. The van der Waals surface area contributed by atoms with Gasteiger partial charge in [-0.3, -0.25) is 4.79 Å². The first-order valence-electron chi connectivity index (χ1n) is 7.10. The lowest BCUT2D eigenvalue weighted by atomic mass is 9.92. The summed E-state index contributed by atoms with van der Waals surface area (Å²) in [6.07, 6.45) is 2.86. The van der Waals surface area contributed by atoms with Crippen molar-refractivity contribution in [3.05, 3.63) is 23.8 Å². The van der Waals surface area contributed by atoms with Crippen molar-refractivity contribution in [1.29, 1.82) is 0 Å². The fourth-order valence-electron chi connectivity index (χ4n) is 3.18. The molecule has 1 spiro atoms. The Morgan fingerprint density at radius 1 is 1.29 bits per heavy atom. The molecule has 21 heavy (non-hydrogen) atoms. The minimum absolute atomic E-state index is 0.0347. The number of carboxylic acid groups (broad SMARTS) is 1. The van der Waals surface area contributed by atoms with E-state index in [1.54, 1.807) is 0 Å². The van der Waals surface area contributed by atoms with Crippen LogP contribution in [0.4, 0.5) is 5.69 Å². The standard InChI is InChI=1S/C15H18N2O4/c18-12-2-1-9(14(20)21)7-11(12)17-13(19)10-8-15(10)3-5-16-6-4-15/h1-2,7,10,16,18H,3-6,8H2,(H,17,19)(H,20,21). The molecule has 3 rings (SSSR count). The van der Waals surface area contributed by atoms with Crippen LogP contribution in [-0.4, -0.2) is 35.2 Å². The average Bonchev–Trinajstić information content (AvgIpc) is 3.15. The smallest absolute Gasteiger partial charge is 0.335 e. The number of phenolic OH excluding ortho intramolecular Hbond substituents is 1. The van der Waals surface area contributed by atoms with Crippen LogP contribution in [0.25, 0.3) is 0 Å². The summed E-state index contributed by atoms with van der Waals surface area (Å²) in [5.41, 5.74) is 0.307. The van der Waals surface area contributed by atoms with Crippen molar-refractivity contribution >= 4 is 17.6 Å². The van der Waals surface area contributed by atoms with E-state index in [0.717, 1.165) is 32.4 Å². The fraction of sp³-hybridized carbons (Fsp3) is 0.467. The first-order chi connectivity index (χ1) is 10.0. The molecule has 2 aliphatic rings. The van der Waals surface area contributed by atoms with Crippen LogP contribution in [0.1, 0.15) is 29.6 Å². The Morgan fingerprint density at radius 3 is 2.67 bits per heavy atom. The Labute approximate surface area is 122 Å². The molecule has 1 saturated carbocycles. The number of hydrogen-bond acceptors (Lipinski definition) is 4. The first-order valence-corrected chi connectivity index (χ1v) is 7.10. The highest BCUT2D eigenvalue weighted by atomic mass is 16.4. The maximum absolute atomic E-state index is 12.3. The van der Waals surface area contributed by atoms with E-state index in [9.17, 15) is 14.7 Å². The third-order valence-corrected chi connectivity index (χ3v) is 4.61. The van der Waals surface area contributed by atoms with Crippen LogP contribution in [0, 0.1) is 11.3 Å². The largest absolute Gasteiger partial charge is 0.506 e. The van der Waals surface area contributed by atoms with Gasteiger partial charge in [0.1, 0.15) is 5.75 Å². The van der Waals surface area contributed by atoms with E-state index in [0.29, 0.717) is 0 Å². The molecule has 1 heterocycles. The molecule has 1 atom stereocenters. The molecular weight excluding hydrogens is 272 g/mol. The number of carbonyl (C=O) groups excluding carboxylic acids is 1. The Kier molecular flexibility index (Phi) is 3.33. The molecule has 4 N–H and O–H groups in total. The van der Waals surface area contributed by atoms with E-state index in [4.69, 9.17) is 5.11 Å². The van der Waals surface area contributed by atoms with Crippen LogP contribution in [0.3, 0.4) is 0 Å². The van der Waals surface area contributed by atoms with Crippen molar-refractivity contribution < 1.29 is 19.8 Å². The topological polar surface area (TPSA) is 98.7 Å². The normalized spacial score (nSPS) is 22.8. The summed E-state index contributed by atoms with van der Waals surface area (Å²) < 4.78 is 0. The zero-order chi connectivity index (χ0) is 15.0. The van der Waals surface area contributed by atoms with Gasteiger partial charge in [-0.25, -0.2) is 4.79 Å². The van der Waals surface area contributed by atoms with Crippen LogP contribution in [0.2, 0.25) is 0 Å². The van der Waals surface area contributed by atoms with Gasteiger partial charge < -0.3 is 20.8 Å². The fourth-order valence-corrected chi connectivity index (χ4v) is 3.18. The number of carbonyl (C=O) groups is 2. The van der Waals surface area contributed by atoms with Crippen molar-refractivity contribution in [3.63, 3.8) is 0 Å². The summed E-state index contributed by atoms with van der Waals surface area (Å²) in [7, 11) is 0. The molecule has 0 bridgehead atoms. The predicted molar refractivity (Wildman–Crippen MR) is 76.3 cm³/mol. The van der Waals surface area contributed by atoms with Gasteiger partial charge in [0, 0.05) is 5.92 Å². The molecule has 1 aromatic carbocycles. The van der Waals surface area contributed by atoms with Gasteiger partial charge in [-0.1, -0.05) is 0 Å². The maximum atomic E-state index is 12.3. The number of anilines is 1. The SMILES string of the molecule is O=C(O)c1ccc(O)c(NC(=O)C2CC23CCNCC3)c1. The van der Waals surface area contributed by atoms with E-state index in [-0.39, 0.29) is 34.2 Å². The summed E-state index contributed by atoms with van der Waals surface area (Å²) in [6, 6.07) is 3.87. The first kappa shape index (κ1) is 13.9. The van der Waals surface area contributed by atoms with E-state index in [1.807, 2.05) is 0 Å². The van der Waals surface area contributed by atoms with E-state index in [2.05, 4.69) is 10.6 Å². The van der Waals surface area contributed by atoms with Crippen LogP contribution in [0.15, 0.2) is 18.2 Å². The number of nitrogens with one attached hydrogen (secondary N) is 2. The Hall–Kier alpha value is -2.08. The second-order valence-corrected chi connectivity index (χ2v) is 5.90. The molecule has 1 aromatic rings. The summed E-state index contributed by atoms with van der Waals surface area (Å²) in [4.78, 5) is 23.2. The van der Waals surface area contributed by atoms with Gasteiger partial charge in [-0.2, -0.15) is 0 Å². The summed E-state index contributed by atoms with van der Waals surface area (Å²) >= 11 is 0. The van der Waals surface area contributed by atoms with Gasteiger partial charge in [0.2, 0.25) is 5.91 Å². The minimum Gasteiger partial charge on any atom is -0.506 e. The number of amides is 1. The molecule has 1 aliphatic carbocycles. The Balaban J connectivity index is 1.71. The van der Waals surface area contributed by atoms with Gasteiger partial charge in [-0.15, -0.1) is 0 Å². The van der Waals surface area contributed by atoms with Crippen LogP contribution < -0.4 is 10.6 Å². The lowest BCUT2D eigenvalue weighted by Gasteiger charge is -2.23. The molecular formula is C15H18N2O4. The maximum Gasteiger partial charge on any atom is 0.335 e. The number of aromatic hydroxyl groups is 1. The highest BCUT2D eigenvalue weighted by Crippen LogP contribution is 2.58. The molecule has 2 fully saturated rings. The Morgan fingerprint density at radius 2 is 2.00 bits per heavy atom. The van der Waals surface area contributed by atoms with Crippen molar-refractivity contribution in [1.82, 2.24) is 5.32 Å². The summed E-state index contributed by atoms with van der Waals surface area (Å²) in [6.45, 7) is 1.87. The molecule has 1 amide bonds. The van der Waals surface area contributed by atoms with Crippen LogP contribution in [0.5, 0.6) is 5.75 Å². The van der Waals surface area contributed by atoms with E-state index >= 15 is 0 Å². The van der Waals surface area contributed by atoms with Crippen molar-refractivity contribution in [2.75, 3.05) is 18.4 Å². The van der Waals surface area contributed by atoms with E-state index in [1.165, 1.54) is 18.2 Å². The number of piperidine rings is 1. The van der Waals surface area contributed by atoms with Gasteiger partial charge in [-0.05, 0) is 56.0 Å². The van der Waals surface area contributed by atoms with Gasteiger partial charge in [0.05, 0.1) is 11.3 Å². The quantitative estimate of drug-likeness (QED) is 0.631. The summed E-state index contributed by atoms with van der Waals surface area (Å²) in [5, 5.41) is 24.7. The molecule has 1 aliphatic heterocycles. The number of carboxylic acids is 1. The third kappa shape index (κ3) is 2.58. The molecule has 1 saturated heterocycles. The van der Waals surface area contributed by atoms with Crippen molar-refractivity contribution in [2.45, 2.75) is 19.3 Å². The van der Waals surface area contributed by atoms with Gasteiger partial charge in [0.25, 0.3) is 0 Å². The number of benzene rings is 1. The number of rotatable bonds is 3. The van der Waals surface area contributed by atoms with Crippen molar-refractivity contribution in [2.24, 2.45) is 11.3 Å². The van der Waals surface area contributed by atoms with Crippen LogP contribution in [-0.2, 0) is 4.79 Å². The molecule has 6 heteroatoms. The van der Waals surface area contributed by atoms with E-state index < -0.39 is 5.97 Å². The zero-order valence-electron chi connectivity index (χ0n) is 11.6. The molecule has 112 valence electrons. The number of hydrogen-bond donors (Lipinski definition) is 4. The monoisotopic (exact) mass is 290 g/mol. The second-order valence-electron chi connectivity index (χ2n) is 5.90.